The normalized spacial score (nSPS) is 14.8. The molecule has 1 aliphatic heterocycles. The van der Waals surface area contributed by atoms with Gasteiger partial charge in [0.1, 0.15) is 11.0 Å². The highest BCUT2D eigenvalue weighted by Crippen LogP contribution is 2.28. The van der Waals surface area contributed by atoms with E-state index in [9.17, 15) is 14.7 Å². The fourth-order valence-corrected chi connectivity index (χ4v) is 4.33. The van der Waals surface area contributed by atoms with Crippen molar-refractivity contribution in [2.45, 2.75) is 39.4 Å². The average Bonchev–Trinajstić information content (AvgIpc) is 3.20. The van der Waals surface area contributed by atoms with Crippen LogP contribution in [0.2, 0.25) is 5.15 Å². The van der Waals surface area contributed by atoms with Crippen molar-refractivity contribution in [3.8, 4) is 5.75 Å². The van der Waals surface area contributed by atoms with E-state index in [0.717, 1.165) is 23.4 Å². The van der Waals surface area contributed by atoms with Crippen molar-refractivity contribution < 1.29 is 9.90 Å². The fraction of sp³-hybridized carbons (Fsp3) is 0.409. The second kappa shape index (κ2) is 8.72. The van der Waals surface area contributed by atoms with Crippen LogP contribution in [0, 0.1) is 0 Å². The molecular formula is C22H26ClN5O3. The van der Waals surface area contributed by atoms with Gasteiger partial charge in [0.15, 0.2) is 11.4 Å². The summed E-state index contributed by atoms with van der Waals surface area (Å²) in [6.45, 7) is 6.55. The van der Waals surface area contributed by atoms with Crippen LogP contribution in [0.4, 0.5) is 5.82 Å². The van der Waals surface area contributed by atoms with Crippen molar-refractivity contribution in [2.24, 2.45) is 0 Å². The van der Waals surface area contributed by atoms with Gasteiger partial charge < -0.3 is 25.2 Å². The molecule has 4 rings (SSSR count). The Morgan fingerprint density at radius 1 is 1.23 bits per heavy atom. The van der Waals surface area contributed by atoms with Crippen LogP contribution in [0.5, 0.6) is 5.75 Å². The highest BCUT2D eigenvalue weighted by atomic mass is 35.5. The van der Waals surface area contributed by atoms with Gasteiger partial charge in [-0.25, -0.2) is 4.98 Å². The smallest absolute Gasteiger partial charge is 0.274 e. The summed E-state index contributed by atoms with van der Waals surface area (Å²) in [7, 11) is 0. The standard InChI is InChI=1S/C22H26ClN5O3/c1-13(2)27-8-9-28-15(11-17(29)20(30)19(28)22(27)31)12-24-6-7-25-18-10-14-4-3-5-16(14)21(23)26-18/h3,5,10-11,13,24,30H,4,6-9,12H2,1-2H3,(H,25,26). The van der Waals surface area contributed by atoms with Crippen LogP contribution >= 0.6 is 11.6 Å². The average molecular weight is 444 g/mol. The number of allylic oxidation sites excluding steroid dienone is 1. The lowest BCUT2D eigenvalue weighted by Crippen LogP contribution is -2.46. The summed E-state index contributed by atoms with van der Waals surface area (Å²) in [6, 6.07) is 3.40. The molecule has 1 aliphatic carbocycles. The van der Waals surface area contributed by atoms with E-state index < -0.39 is 11.2 Å². The zero-order valence-corrected chi connectivity index (χ0v) is 18.4. The van der Waals surface area contributed by atoms with Crippen molar-refractivity contribution in [3.05, 3.63) is 56.1 Å². The number of nitrogens with zero attached hydrogens (tertiary/aromatic N) is 3. The molecule has 0 aromatic carbocycles. The topological polar surface area (TPSA) is 99.5 Å². The summed E-state index contributed by atoms with van der Waals surface area (Å²) in [5.74, 6) is -0.0601. The number of rotatable bonds is 7. The molecule has 0 bridgehead atoms. The molecule has 0 saturated carbocycles. The monoisotopic (exact) mass is 443 g/mol. The van der Waals surface area contributed by atoms with Gasteiger partial charge in [0.25, 0.3) is 5.91 Å². The lowest BCUT2D eigenvalue weighted by atomic mass is 10.1. The highest BCUT2D eigenvalue weighted by Gasteiger charge is 2.31. The molecule has 164 valence electrons. The van der Waals surface area contributed by atoms with E-state index in [4.69, 9.17) is 11.6 Å². The van der Waals surface area contributed by atoms with Gasteiger partial charge >= 0.3 is 0 Å². The van der Waals surface area contributed by atoms with Crippen molar-refractivity contribution >= 4 is 29.4 Å². The number of aromatic nitrogens is 2. The minimum absolute atomic E-state index is 0.000665. The number of hydrogen-bond donors (Lipinski definition) is 3. The van der Waals surface area contributed by atoms with E-state index in [2.05, 4.69) is 21.7 Å². The first-order chi connectivity index (χ1) is 14.9. The third-order valence-electron chi connectivity index (χ3n) is 5.66. The van der Waals surface area contributed by atoms with E-state index in [-0.39, 0.29) is 17.6 Å². The zero-order chi connectivity index (χ0) is 22.1. The first-order valence-electron chi connectivity index (χ1n) is 10.4. The van der Waals surface area contributed by atoms with Gasteiger partial charge in [-0.15, -0.1) is 0 Å². The van der Waals surface area contributed by atoms with Crippen LogP contribution < -0.4 is 16.1 Å². The molecule has 3 heterocycles. The Morgan fingerprint density at radius 3 is 2.81 bits per heavy atom. The number of aromatic hydroxyl groups is 1. The number of pyridine rings is 2. The lowest BCUT2D eigenvalue weighted by molar-refractivity contribution is 0.0639. The number of nitrogens with one attached hydrogen (secondary N) is 2. The van der Waals surface area contributed by atoms with E-state index in [1.54, 1.807) is 9.47 Å². The molecule has 0 fully saturated rings. The summed E-state index contributed by atoms with van der Waals surface area (Å²) in [5, 5.41) is 17.3. The summed E-state index contributed by atoms with van der Waals surface area (Å²) in [4.78, 5) is 31.0. The number of halogens is 1. The Kier molecular flexibility index (Phi) is 6.02. The van der Waals surface area contributed by atoms with E-state index in [1.807, 2.05) is 26.0 Å². The maximum Gasteiger partial charge on any atom is 0.274 e. The highest BCUT2D eigenvalue weighted by molar-refractivity contribution is 6.31. The molecule has 0 saturated heterocycles. The summed E-state index contributed by atoms with van der Waals surface area (Å²) in [5.41, 5.74) is 2.36. The lowest BCUT2D eigenvalue weighted by Gasteiger charge is -2.34. The first-order valence-corrected chi connectivity index (χ1v) is 10.8. The van der Waals surface area contributed by atoms with Crippen molar-refractivity contribution in [1.82, 2.24) is 19.8 Å². The minimum atomic E-state index is -0.536. The number of fused-ring (bicyclic) bond motifs is 2. The Labute approximate surface area is 185 Å². The Balaban J connectivity index is 1.39. The van der Waals surface area contributed by atoms with Gasteiger partial charge in [0, 0.05) is 56.1 Å². The van der Waals surface area contributed by atoms with Crippen molar-refractivity contribution in [1.29, 1.82) is 0 Å². The Bertz CT molecular complexity index is 1110. The molecule has 0 spiro atoms. The van der Waals surface area contributed by atoms with Gasteiger partial charge in [-0.1, -0.05) is 23.8 Å². The molecule has 8 nitrogen and oxygen atoms in total. The molecule has 1 amide bonds. The largest absolute Gasteiger partial charge is 0.503 e. The molecule has 2 aromatic heterocycles. The summed E-state index contributed by atoms with van der Waals surface area (Å²) >= 11 is 6.23. The third-order valence-corrected chi connectivity index (χ3v) is 5.95. The number of carbonyl (C=O) groups excluding carboxylic acids is 1. The van der Waals surface area contributed by atoms with Crippen LogP contribution in [-0.2, 0) is 19.5 Å². The molecule has 0 unspecified atom stereocenters. The molecule has 0 radical (unpaired) electrons. The maximum absolute atomic E-state index is 12.8. The van der Waals surface area contributed by atoms with Crippen LogP contribution in [0.1, 0.15) is 41.2 Å². The molecule has 3 N–H and O–H groups in total. The second-order valence-corrected chi connectivity index (χ2v) is 8.38. The van der Waals surface area contributed by atoms with E-state index >= 15 is 0 Å². The van der Waals surface area contributed by atoms with Gasteiger partial charge in [0.05, 0.1) is 0 Å². The number of anilines is 1. The number of amides is 1. The van der Waals surface area contributed by atoms with E-state index in [1.165, 1.54) is 6.07 Å². The first kappa shape index (κ1) is 21.4. The van der Waals surface area contributed by atoms with E-state index in [0.29, 0.717) is 43.6 Å². The van der Waals surface area contributed by atoms with Gasteiger partial charge in [0.2, 0.25) is 5.43 Å². The summed E-state index contributed by atoms with van der Waals surface area (Å²) in [6.07, 6.45) is 4.91. The number of hydrogen-bond acceptors (Lipinski definition) is 6. The van der Waals surface area contributed by atoms with Gasteiger partial charge in [-0.3, -0.25) is 9.59 Å². The Hall–Kier alpha value is -2.84. The molecule has 31 heavy (non-hydrogen) atoms. The molecule has 9 heteroatoms. The Morgan fingerprint density at radius 2 is 2.03 bits per heavy atom. The fourth-order valence-electron chi connectivity index (χ4n) is 4.05. The molecule has 0 atom stereocenters. The number of carbonyl (C=O) groups is 1. The second-order valence-electron chi connectivity index (χ2n) is 8.02. The zero-order valence-electron chi connectivity index (χ0n) is 17.6. The van der Waals surface area contributed by atoms with Gasteiger partial charge in [-0.2, -0.15) is 0 Å². The van der Waals surface area contributed by atoms with Crippen LogP contribution in [0.15, 0.2) is 23.0 Å². The predicted molar refractivity (Wildman–Crippen MR) is 121 cm³/mol. The van der Waals surface area contributed by atoms with Crippen LogP contribution in [-0.4, -0.2) is 51.1 Å². The van der Waals surface area contributed by atoms with Crippen molar-refractivity contribution in [3.63, 3.8) is 0 Å². The quantitative estimate of drug-likeness (QED) is 0.448. The molecular weight excluding hydrogens is 418 g/mol. The SMILES string of the molecule is CC(C)N1CCn2c(CNCCNc3cc4c(c(Cl)n3)C=CC4)cc(=O)c(O)c2C1=O. The molecule has 2 aromatic rings. The third kappa shape index (κ3) is 4.18. The summed E-state index contributed by atoms with van der Waals surface area (Å²) < 4.78 is 1.74. The van der Waals surface area contributed by atoms with Crippen molar-refractivity contribution in [2.75, 3.05) is 25.0 Å². The molecule has 2 aliphatic rings. The van der Waals surface area contributed by atoms with Gasteiger partial charge in [-0.05, 0) is 31.9 Å². The van der Waals surface area contributed by atoms with Crippen LogP contribution in [0.3, 0.4) is 0 Å². The maximum atomic E-state index is 12.8. The minimum Gasteiger partial charge on any atom is -0.503 e. The predicted octanol–water partition coefficient (Wildman–Crippen LogP) is 2.24. The van der Waals surface area contributed by atoms with Crippen LogP contribution in [0.25, 0.3) is 6.08 Å².